The van der Waals surface area contributed by atoms with Gasteiger partial charge in [-0.25, -0.2) is 0 Å². The number of ether oxygens (including phenoxy) is 1. The van der Waals surface area contributed by atoms with Gasteiger partial charge in [-0.1, -0.05) is 55.8 Å². The Morgan fingerprint density at radius 2 is 1.93 bits per heavy atom. The third-order valence-electron chi connectivity index (χ3n) is 6.50. The number of rotatable bonds is 8. The SMILES string of the molecule is CCN(CC)CCC[C@]1(O)c2ccccc2CCC[C@@H]1c1ccc(Cl)c(OC)c1. The molecule has 0 amide bonds. The summed E-state index contributed by atoms with van der Waals surface area (Å²) in [4.78, 5) is 2.42. The molecule has 2 aromatic carbocycles. The number of aliphatic hydroxyl groups is 1. The van der Waals surface area contributed by atoms with Crippen LogP contribution in [-0.4, -0.2) is 36.8 Å². The molecule has 3 rings (SSSR count). The number of nitrogens with zero attached hydrogens (tertiary/aromatic N) is 1. The molecule has 1 aliphatic rings. The molecule has 0 heterocycles. The minimum Gasteiger partial charge on any atom is -0.495 e. The molecular formula is C25H34ClNO2. The summed E-state index contributed by atoms with van der Waals surface area (Å²) in [6.07, 6.45) is 4.73. The molecule has 4 heteroatoms. The van der Waals surface area contributed by atoms with E-state index in [-0.39, 0.29) is 5.92 Å². The highest BCUT2D eigenvalue weighted by molar-refractivity contribution is 6.32. The summed E-state index contributed by atoms with van der Waals surface area (Å²) in [5, 5.41) is 12.8. The summed E-state index contributed by atoms with van der Waals surface area (Å²) >= 11 is 6.28. The smallest absolute Gasteiger partial charge is 0.137 e. The van der Waals surface area contributed by atoms with Crippen LogP contribution in [0.5, 0.6) is 5.75 Å². The number of halogens is 1. The number of hydrogen-bond donors (Lipinski definition) is 1. The van der Waals surface area contributed by atoms with Crippen molar-refractivity contribution < 1.29 is 9.84 Å². The molecule has 1 aliphatic carbocycles. The van der Waals surface area contributed by atoms with Gasteiger partial charge in [-0.05, 0) is 80.6 Å². The van der Waals surface area contributed by atoms with Crippen molar-refractivity contribution in [3.63, 3.8) is 0 Å². The molecule has 0 spiro atoms. The van der Waals surface area contributed by atoms with Crippen LogP contribution in [0.25, 0.3) is 0 Å². The van der Waals surface area contributed by atoms with Gasteiger partial charge in [0.25, 0.3) is 0 Å². The standard InChI is InChI=1S/C25H34ClNO2/c1-4-27(5-2)17-9-16-25(28)21-12-7-6-10-19(21)11-8-13-22(25)20-14-15-23(26)24(18-20)29-3/h6-7,10,12,14-15,18,22,28H,4-5,8-9,11,13,16-17H2,1-3H3/t22-,25+/m1/s1. The number of methoxy groups -OCH3 is 1. The molecular weight excluding hydrogens is 382 g/mol. The Morgan fingerprint density at radius 1 is 1.17 bits per heavy atom. The van der Waals surface area contributed by atoms with Gasteiger partial charge in [0.15, 0.2) is 0 Å². The minimum atomic E-state index is -0.890. The molecule has 0 saturated heterocycles. The molecule has 0 radical (unpaired) electrons. The van der Waals surface area contributed by atoms with Crippen LogP contribution in [0.2, 0.25) is 5.02 Å². The van der Waals surface area contributed by atoms with Crippen LogP contribution in [0, 0.1) is 0 Å². The van der Waals surface area contributed by atoms with E-state index in [9.17, 15) is 5.11 Å². The number of hydrogen-bond acceptors (Lipinski definition) is 3. The molecule has 0 aliphatic heterocycles. The predicted molar refractivity (Wildman–Crippen MR) is 121 cm³/mol. The Balaban J connectivity index is 1.98. The number of aryl methyl sites for hydroxylation is 1. The summed E-state index contributed by atoms with van der Waals surface area (Å²) in [5.41, 5.74) is 2.59. The maximum Gasteiger partial charge on any atom is 0.137 e. The van der Waals surface area contributed by atoms with Crippen molar-refractivity contribution in [2.75, 3.05) is 26.7 Å². The third kappa shape index (κ3) is 4.79. The van der Waals surface area contributed by atoms with E-state index in [0.717, 1.165) is 62.9 Å². The summed E-state index contributed by atoms with van der Waals surface area (Å²) in [6, 6.07) is 14.4. The third-order valence-corrected chi connectivity index (χ3v) is 6.82. The van der Waals surface area contributed by atoms with Gasteiger partial charge in [0.2, 0.25) is 0 Å². The van der Waals surface area contributed by atoms with Crippen LogP contribution >= 0.6 is 11.6 Å². The van der Waals surface area contributed by atoms with Crippen LogP contribution in [0.15, 0.2) is 42.5 Å². The molecule has 0 unspecified atom stereocenters. The number of fused-ring (bicyclic) bond motifs is 1. The van der Waals surface area contributed by atoms with Crippen molar-refractivity contribution in [1.82, 2.24) is 4.90 Å². The van der Waals surface area contributed by atoms with E-state index >= 15 is 0 Å². The van der Waals surface area contributed by atoms with Crippen LogP contribution < -0.4 is 4.74 Å². The van der Waals surface area contributed by atoms with Crippen molar-refractivity contribution in [1.29, 1.82) is 0 Å². The van der Waals surface area contributed by atoms with Crippen molar-refractivity contribution in [3.8, 4) is 5.75 Å². The average Bonchev–Trinajstić information content (AvgIpc) is 2.89. The summed E-state index contributed by atoms with van der Waals surface area (Å²) in [5.74, 6) is 0.696. The fraction of sp³-hybridized carbons (Fsp3) is 0.520. The molecule has 0 bridgehead atoms. The van der Waals surface area contributed by atoms with Gasteiger partial charge in [-0.3, -0.25) is 0 Å². The van der Waals surface area contributed by atoms with E-state index in [1.54, 1.807) is 7.11 Å². The van der Waals surface area contributed by atoms with Gasteiger partial charge >= 0.3 is 0 Å². The fourth-order valence-electron chi connectivity index (χ4n) is 4.84. The lowest BCUT2D eigenvalue weighted by Gasteiger charge is -2.38. The van der Waals surface area contributed by atoms with Crippen LogP contribution in [0.3, 0.4) is 0 Å². The van der Waals surface area contributed by atoms with Crippen molar-refractivity contribution in [2.45, 2.75) is 57.5 Å². The van der Waals surface area contributed by atoms with Crippen LogP contribution in [0.4, 0.5) is 0 Å². The van der Waals surface area contributed by atoms with E-state index in [2.05, 4.69) is 49.1 Å². The first kappa shape index (κ1) is 22.1. The zero-order valence-electron chi connectivity index (χ0n) is 18.0. The lowest BCUT2D eigenvalue weighted by molar-refractivity contribution is -0.00674. The van der Waals surface area contributed by atoms with Crippen molar-refractivity contribution in [3.05, 3.63) is 64.2 Å². The second kappa shape index (κ2) is 9.97. The number of benzene rings is 2. The Labute approximate surface area is 180 Å². The van der Waals surface area contributed by atoms with E-state index in [1.165, 1.54) is 5.56 Å². The van der Waals surface area contributed by atoms with Gasteiger partial charge < -0.3 is 14.7 Å². The van der Waals surface area contributed by atoms with Gasteiger partial charge in [0, 0.05) is 5.92 Å². The first-order valence-corrected chi connectivity index (χ1v) is 11.3. The highest BCUT2D eigenvalue weighted by Crippen LogP contribution is 2.48. The topological polar surface area (TPSA) is 32.7 Å². The minimum absolute atomic E-state index is 0.0222. The van der Waals surface area contributed by atoms with Crippen molar-refractivity contribution in [2.24, 2.45) is 0 Å². The molecule has 2 atom stereocenters. The average molecular weight is 416 g/mol. The molecule has 0 fully saturated rings. The second-order valence-electron chi connectivity index (χ2n) is 8.05. The zero-order chi connectivity index (χ0) is 20.9. The normalized spacial score (nSPS) is 21.7. The maximum atomic E-state index is 12.2. The predicted octanol–water partition coefficient (Wildman–Crippen LogP) is 5.78. The molecule has 29 heavy (non-hydrogen) atoms. The second-order valence-corrected chi connectivity index (χ2v) is 8.46. The quantitative estimate of drug-likeness (QED) is 0.555. The van der Waals surface area contributed by atoms with E-state index in [0.29, 0.717) is 10.8 Å². The summed E-state index contributed by atoms with van der Waals surface area (Å²) in [6.45, 7) is 7.49. The Bertz CT molecular complexity index is 805. The van der Waals surface area contributed by atoms with Gasteiger partial charge in [-0.2, -0.15) is 0 Å². The lowest BCUT2D eigenvalue weighted by Crippen LogP contribution is -2.35. The monoisotopic (exact) mass is 415 g/mol. The molecule has 1 N–H and O–H groups in total. The Kier molecular flexibility index (Phi) is 7.61. The summed E-state index contributed by atoms with van der Waals surface area (Å²) in [7, 11) is 1.64. The highest BCUT2D eigenvalue weighted by atomic mass is 35.5. The van der Waals surface area contributed by atoms with Crippen LogP contribution in [-0.2, 0) is 12.0 Å². The molecule has 3 nitrogen and oxygen atoms in total. The fourth-order valence-corrected chi connectivity index (χ4v) is 5.03. The molecule has 2 aromatic rings. The van der Waals surface area contributed by atoms with Crippen molar-refractivity contribution >= 4 is 11.6 Å². The Hall–Kier alpha value is -1.55. The highest BCUT2D eigenvalue weighted by Gasteiger charge is 2.41. The van der Waals surface area contributed by atoms with E-state index < -0.39 is 5.60 Å². The van der Waals surface area contributed by atoms with Crippen LogP contribution in [0.1, 0.15) is 62.1 Å². The van der Waals surface area contributed by atoms with Gasteiger partial charge in [0.05, 0.1) is 17.7 Å². The molecule has 0 saturated carbocycles. The summed E-state index contributed by atoms with van der Waals surface area (Å²) < 4.78 is 5.47. The van der Waals surface area contributed by atoms with Gasteiger partial charge in [-0.15, -0.1) is 0 Å². The van der Waals surface area contributed by atoms with Gasteiger partial charge in [0.1, 0.15) is 5.75 Å². The molecule has 158 valence electrons. The molecule has 0 aromatic heterocycles. The van der Waals surface area contributed by atoms with E-state index in [4.69, 9.17) is 16.3 Å². The zero-order valence-corrected chi connectivity index (χ0v) is 18.7. The lowest BCUT2D eigenvalue weighted by atomic mass is 9.73. The largest absolute Gasteiger partial charge is 0.495 e. The Morgan fingerprint density at radius 3 is 2.66 bits per heavy atom. The first-order valence-electron chi connectivity index (χ1n) is 10.9. The first-order chi connectivity index (χ1) is 14.0. The maximum absolute atomic E-state index is 12.2. The van der Waals surface area contributed by atoms with E-state index in [1.807, 2.05) is 12.1 Å².